The highest BCUT2D eigenvalue weighted by atomic mass is 32.2. The van der Waals surface area contributed by atoms with E-state index in [0.717, 1.165) is 24.0 Å². The first-order valence-corrected chi connectivity index (χ1v) is 12.1. The average molecular weight is 467 g/mol. The average Bonchev–Trinajstić information content (AvgIpc) is 2.83. The molecule has 4 rings (SSSR count). The van der Waals surface area contributed by atoms with E-state index >= 15 is 0 Å². The highest BCUT2D eigenvalue weighted by Crippen LogP contribution is 2.40. The van der Waals surface area contributed by atoms with Gasteiger partial charge in [-0.2, -0.15) is 0 Å². The van der Waals surface area contributed by atoms with Crippen LogP contribution in [-0.2, 0) is 16.1 Å². The van der Waals surface area contributed by atoms with Crippen LogP contribution in [0.15, 0.2) is 47.4 Å². The van der Waals surface area contributed by atoms with E-state index in [0.29, 0.717) is 29.4 Å². The van der Waals surface area contributed by atoms with Crippen molar-refractivity contribution in [3.63, 3.8) is 0 Å². The lowest BCUT2D eigenvalue weighted by Crippen LogP contribution is -2.51. The van der Waals surface area contributed by atoms with E-state index in [1.807, 2.05) is 43.3 Å². The molecule has 1 aliphatic carbocycles. The van der Waals surface area contributed by atoms with Gasteiger partial charge in [0, 0.05) is 23.8 Å². The molecule has 1 heterocycles. The monoisotopic (exact) mass is 466 g/mol. The van der Waals surface area contributed by atoms with Gasteiger partial charge < -0.3 is 20.1 Å². The highest BCUT2D eigenvalue weighted by Gasteiger charge is 2.39. The summed E-state index contributed by atoms with van der Waals surface area (Å²) < 4.78 is 10.7. The van der Waals surface area contributed by atoms with Crippen LogP contribution in [0.1, 0.15) is 36.0 Å². The second-order valence-electron chi connectivity index (χ2n) is 8.57. The largest absolute Gasteiger partial charge is 0.493 e. The summed E-state index contributed by atoms with van der Waals surface area (Å²) in [6.45, 7) is 2.58. The number of fused-ring (bicyclic) bond motifs is 1. The number of hydrogen-bond acceptors (Lipinski definition) is 5. The molecule has 174 valence electrons. The SMILES string of the molecule is COc1ccc(/C=C2/SC3CCC(C(=O)NCc4ccc(C)cc4)CC3NC2=O)cc1OC. The summed E-state index contributed by atoms with van der Waals surface area (Å²) in [5.74, 6) is 1.19. The van der Waals surface area contributed by atoms with Crippen LogP contribution >= 0.6 is 11.8 Å². The molecule has 3 unspecified atom stereocenters. The van der Waals surface area contributed by atoms with Crippen LogP contribution in [0.25, 0.3) is 6.08 Å². The molecule has 2 N–H and O–H groups in total. The first-order chi connectivity index (χ1) is 16.0. The van der Waals surface area contributed by atoms with E-state index in [2.05, 4.69) is 22.8 Å². The van der Waals surface area contributed by atoms with Gasteiger partial charge in [0.05, 0.1) is 19.1 Å². The summed E-state index contributed by atoms with van der Waals surface area (Å²) in [7, 11) is 3.19. The quantitative estimate of drug-likeness (QED) is 0.628. The third-order valence-corrected chi connectivity index (χ3v) is 7.69. The van der Waals surface area contributed by atoms with Crippen LogP contribution in [-0.4, -0.2) is 37.3 Å². The Morgan fingerprint density at radius 1 is 1.12 bits per heavy atom. The maximum absolute atomic E-state index is 12.8. The number of thioether (sulfide) groups is 1. The van der Waals surface area contributed by atoms with Gasteiger partial charge in [0.2, 0.25) is 5.91 Å². The molecule has 1 saturated carbocycles. The molecule has 33 heavy (non-hydrogen) atoms. The Kier molecular flexibility index (Phi) is 7.28. The summed E-state index contributed by atoms with van der Waals surface area (Å²) >= 11 is 1.61. The third-order valence-electron chi connectivity index (χ3n) is 6.27. The van der Waals surface area contributed by atoms with Gasteiger partial charge in [0.25, 0.3) is 5.91 Å². The van der Waals surface area contributed by atoms with Crippen molar-refractivity contribution in [3.05, 3.63) is 64.1 Å². The van der Waals surface area contributed by atoms with Gasteiger partial charge in [0.15, 0.2) is 11.5 Å². The molecule has 2 aromatic carbocycles. The van der Waals surface area contributed by atoms with E-state index in [4.69, 9.17) is 9.47 Å². The Bertz CT molecular complexity index is 1050. The molecule has 1 saturated heterocycles. The van der Waals surface area contributed by atoms with Gasteiger partial charge in [-0.05, 0) is 55.5 Å². The van der Waals surface area contributed by atoms with Crippen LogP contribution in [0, 0.1) is 12.8 Å². The van der Waals surface area contributed by atoms with E-state index in [1.54, 1.807) is 26.0 Å². The molecule has 0 bridgehead atoms. The standard InChI is InChI=1S/C26H30N2O4S/c1-16-4-6-17(7-5-16)15-27-25(29)19-9-11-23-20(14-19)28-26(30)24(33-23)13-18-8-10-21(31-2)22(12-18)32-3/h4-8,10,12-13,19-20,23H,9,11,14-15H2,1-3H3,(H,27,29)(H,28,30)/b24-13+. The molecule has 0 spiro atoms. The molecule has 6 nitrogen and oxygen atoms in total. The Labute approximate surface area is 199 Å². The fourth-order valence-electron chi connectivity index (χ4n) is 4.36. The molecule has 0 radical (unpaired) electrons. The first-order valence-electron chi connectivity index (χ1n) is 11.2. The molecule has 3 atom stereocenters. The smallest absolute Gasteiger partial charge is 0.257 e. The fourth-order valence-corrected chi connectivity index (χ4v) is 5.66. The fraction of sp³-hybridized carbons (Fsp3) is 0.385. The van der Waals surface area contributed by atoms with Gasteiger partial charge in [0.1, 0.15) is 0 Å². The summed E-state index contributed by atoms with van der Waals surface area (Å²) in [5, 5.41) is 6.48. The third kappa shape index (κ3) is 5.53. The number of carbonyl (C=O) groups excluding carboxylic acids is 2. The molecule has 1 aliphatic heterocycles. The number of methoxy groups -OCH3 is 2. The van der Waals surface area contributed by atoms with Crippen LogP contribution < -0.4 is 20.1 Å². The molecular weight excluding hydrogens is 436 g/mol. The second-order valence-corrected chi connectivity index (χ2v) is 9.85. The van der Waals surface area contributed by atoms with E-state index in [1.165, 1.54) is 5.56 Å². The lowest BCUT2D eigenvalue weighted by Gasteiger charge is -2.39. The van der Waals surface area contributed by atoms with Gasteiger partial charge >= 0.3 is 0 Å². The molecule has 2 aliphatic rings. The predicted octanol–water partition coefficient (Wildman–Crippen LogP) is 4.07. The van der Waals surface area contributed by atoms with Crippen molar-refractivity contribution >= 4 is 29.7 Å². The van der Waals surface area contributed by atoms with Crippen LogP contribution in [0.5, 0.6) is 11.5 Å². The van der Waals surface area contributed by atoms with Gasteiger partial charge in [-0.25, -0.2) is 0 Å². The number of carbonyl (C=O) groups is 2. The first kappa shape index (κ1) is 23.2. The number of hydrogen-bond donors (Lipinski definition) is 2. The minimum absolute atomic E-state index is 0.00827. The van der Waals surface area contributed by atoms with E-state index < -0.39 is 0 Å². The molecule has 2 amide bonds. The number of rotatable bonds is 6. The zero-order chi connectivity index (χ0) is 23.4. The molecule has 2 aromatic rings. The van der Waals surface area contributed by atoms with Crippen molar-refractivity contribution in [1.82, 2.24) is 10.6 Å². The molecule has 2 fully saturated rings. The van der Waals surface area contributed by atoms with Crippen LogP contribution in [0.3, 0.4) is 0 Å². The number of amides is 2. The van der Waals surface area contributed by atoms with Crippen molar-refractivity contribution < 1.29 is 19.1 Å². The summed E-state index contributed by atoms with van der Waals surface area (Å²) in [5.41, 5.74) is 3.18. The van der Waals surface area contributed by atoms with Gasteiger partial charge in [-0.1, -0.05) is 35.9 Å². The van der Waals surface area contributed by atoms with Crippen molar-refractivity contribution in [3.8, 4) is 11.5 Å². The van der Waals surface area contributed by atoms with Gasteiger partial charge in [-0.15, -0.1) is 11.8 Å². The summed E-state index contributed by atoms with van der Waals surface area (Å²) in [6, 6.07) is 13.8. The predicted molar refractivity (Wildman–Crippen MR) is 131 cm³/mol. The summed E-state index contributed by atoms with van der Waals surface area (Å²) in [6.07, 6.45) is 4.28. The second kappa shape index (κ2) is 10.3. The Hall–Kier alpha value is -2.93. The maximum Gasteiger partial charge on any atom is 0.257 e. The van der Waals surface area contributed by atoms with Crippen molar-refractivity contribution in [2.75, 3.05) is 14.2 Å². The zero-order valence-corrected chi connectivity index (χ0v) is 20.0. The number of benzene rings is 2. The lowest BCUT2D eigenvalue weighted by atomic mass is 9.84. The topological polar surface area (TPSA) is 76.7 Å². The Balaban J connectivity index is 1.36. The van der Waals surface area contributed by atoms with Crippen molar-refractivity contribution in [2.24, 2.45) is 5.92 Å². The van der Waals surface area contributed by atoms with Crippen LogP contribution in [0.2, 0.25) is 0 Å². The minimum atomic E-state index is -0.0863. The number of ether oxygens (including phenoxy) is 2. The van der Waals surface area contributed by atoms with Crippen molar-refractivity contribution in [2.45, 2.75) is 44.0 Å². The lowest BCUT2D eigenvalue weighted by molar-refractivity contribution is -0.127. The Morgan fingerprint density at radius 2 is 1.88 bits per heavy atom. The highest BCUT2D eigenvalue weighted by molar-refractivity contribution is 8.04. The molecule has 7 heteroatoms. The Morgan fingerprint density at radius 3 is 2.61 bits per heavy atom. The normalized spacial score (nSPS) is 23.4. The van der Waals surface area contributed by atoms with Gasteiger partial charge in [-0.3, -0.25) is 9.59 Å². The number of nitrogens with one attached hydrogen (secondary N) is 2. The molecular formula is C26H30N2O4S. The minimum Gasteiger partial charge on any atom is -0.493 e. The van der Waals surface area contributed by atoms with Crippen molar-refractivity contribution in [1.29, 1.82) is 0 Å². The summed E-state index contributed by atoms with van der Waals surface area (Å²) in [4.78, 5) is 26.2. The van der Waals surface area contributed by atoms with E-state index in [9.17, 15) is 9.59 Å². The molecule has 0 aromatic heterocycles. The van der Waals surface area contributed by atoms with E-state index in [-0.39, 0.29) is 29.0 Å². The maximum atomic E-state index is 12.8. The number of aryl methyl sites for hydroxylation is 1. The van der Waals surface area contributed by atoms with Crippen LogP contribution in [0.4, 0.5) is 0 Å². The zero-order valence-electron chi connectivity index (χ0n) is 19.2.